The molecule has 2 amide bonds. The van der Waals surface area contributed by atoms with Gasteiger partial charge >= 0.3 is 6.03 Å². The van der Waals surface area contributed by atoms with Crippen molar-refractivity contribution in [1.82, 2.24) is 14.8 Å². The van der Waals surface area contributed by atoms with Gasteiger partial charge in [0.1, 0.15) is 0 Å². The number of carbonyl (C=O) groups excluding carboxylic acids is 1. The van der Waals surface area contributed by atoms with Crippen molar-refractivity contribution in [3.63, 3.8) is 0 Å². The van der Waals surface area contributed by atoms with Crippen molar-refractivity contribution in [3.8, 4) is 5.69 Å². The molecule has 0 fully saturated rings. The third-order valence-electron chi connectivity index (χ3n) is 5.08. The van der Waals surface area contributed by atoms with Crippen molar-refractivity contribution < 1.29 is 4.79 Å². The maximum atomic E-state index is 13.3. The summed E-state index contributed by atoms with van der Waals surface area (Å²) in [6.07, 6.45) is 0. The maximum Gasteiger partial charge on any atom is 0.326 e. The number of H-pyrrole nitrogens is 1. The van der Waals surface area contributed by atoms with Gasteiger partial charge in [0.05, 0.1) is 12.2 Å². The van der Waals surface area contributed by atoms with Crippen LogP contribution in [0, 0.1) is 18.6 Å². The highest BCUT2D eigenvalue weighted by molar-refractivity contribution is 7.71. The number of halogens is 1. The highest BCUT2D eigenvalue weighted by Gasteiger charge is 2.21. The summed E-state index contributed by atoms with van der Waals surface area (Å²) in [6, 6.07) is 22.4. The fourth-order valence-corrected chi connectivity index (χ4v) is 3.74. The van der Waals surface area contributed by atoms with Gasteiger partial charge in [0.2, 0.25) is 0 Å². The van der Waals surface area contributed by atoms with E-state index in [-0.39, 0.29) is 12.6 Å². The molecule has 0 atom stereocenters. The van der Waals surface area contributed by atoms with E-state index < -0.39 is 0 Å². The van der Waals surface area contributed by atoms with Crippen molar-refractivity contribution in [2.75, 3.05) is 10.2 Å². The summed E-state index contributed by atoms with van der Waals surface area (Å²) in [5.74, 6) is 0.621. The number of urea groups is 1. The average molecular weight is 464 g/mol. The summed E-state index contributed by atoms with van der Waals surface area (Å²) >= 11 is 11.5. The second-order valence-corrected chi connectivity index (χ2v) is 8.25. The summed E-state index contributed by atoms with van der Waals surface area (Å²) in [6.45, 7) is 4.23. The molecule has 4 rings (SSSR count). The summed E-state index contributed by atoms with van der Waals surface area (Å²) in [7, 11) is 0. The number of aryl methyl sites for hydroxylation is 2. The Morgan fingerprint density at radius 2 is 1.75 bits per heavy atom. The van der Waals surface area contributed by atoms with Crippen LogP contribution in [0.15, 0.2) is 72.8 Å². The zero-order valence-corrected chi connectivity index (χ0v) is 19.2. The highest BCUT2D eigenvalue weighted by atomic mass is 35.5. The van der Waals surface area contributed by atoms with E-state index in [1.54, 1.807) is 29.2 Å². The molecule has 6 nitrogen and oxygen atoms in total. The van der Waals surface area contributed by atoms with Crippen LogP contribution in [-0.2, 0) is 6.54 Å². The molecule has 1 aromatic heterocycles. The Morgan fingerprint density at radius 1 is 1.06 bits per heavy atom. The first-order chi connectivity index (χ1) is 15.4. The third-order valence-corrected chi connectivity index (χ3v) is 5.61. The molecule has 4 aromatic rings. The quantitative estimate of drug-likeness (QED) is 0.335. The van der Waals surface area contributed by atoms with Gasteiger partial charge in [0.15, 0.2) is 10.6 Å². The zero-order chi connectivity index (χ0) is 22.7. The molecule has 0 unspecified atom stereocenters. The normalized spacial score (nSPS) is 10.7. The summed E-state index contributed by atoms with van der Waals surface area (Å²) < 4.78 is 2.33. The van der Waals surface area contributed by atoms with E-state index in [0.29, 0.717) is 21.3 Å². The summed E-state index contributed by atoms with van der Waals surface area (Å²) in [5, 5.41) is 10.8. The van der Waals surface area contributed by atoms with Crippen molar-refractivity contribution in [1.29, 1.82) is 0 Å². The highest BCUT2D eigenvalue weighted by Crippen LogP contribution is 2.22. The number of anilines is 2. The summed E-state index contributed by atoms with van der Waals surface area (Å²) in [4.78, 5) is 15.0. The molecule has 0 aliphatic heterocycles. The second-order valence-electron chi connectivity index (χ2n) is 7.43. The molecule has 0 spiro atoms. The lowest BCUT2D eigenvalue weighted by Gasteiger charge is -2.23. The van der Waals surface area contributed by atoms with Crippen LogP contribution in [0.25, 0.3) is 5.69 Å². The maximum absolute atomic E-state index is 13.3. The minimum atomic E-state index is -0.290. The minimum absolute atomic E-state index is 0.212. The Bertz CT molecular complexity index is 1300. The molecule has 0 saturated carbocycles. The molecule has 162 valence electrons. The van der Waals surface area contributed by atoms with Gasteiger partial charge in [-0.1, -0.05) is 47.5 Å². The van der Waals surface area contributed by atoms with Crippen molar-refractivity contribution in [2.45, 2.75) is 20.4 Å². The van der Waals surface area contributed by atoms with Crippen molar-refractivity contribution in [2.24, 2.45) is 0 Å². The number of para-hydroxylation sites is 1. The van der Waals surface area contributed by atoms with E-state index >= 15 is 0 Å². The number of nitrogens with one attached hydrogen (secondary N) is 2. The standard InChI is InChI=1S/C24H22ClN5OS/c1-16-7-13-20(14-8-16)29(23(31)26-19-11-9-18(25)10-12-19)15-22-27-28-24(32)30(22)21-6-4-3-5-17(21)2/h3-14H,15H2,1-2H3,(H,26,31)(H,28,32). The van der Waals surface area contributed by atoms with Crippen LogP contribution in [0.2, 0.25) is 5.02 Å². The topological polar surface area (TPSA) is 66.0 Å². The molecule has 8 heteroatoms. The summed E-state index contributed by atoms with van der Waals surface area (Å²) in [5.41, 5.74) is 4.47. The predicted molar refractivity (Wildman–Crippen MR) is 131 cm³/mol. The number of rotatable bonds is 5. The van der Waals surface area contributed by atoms with E-state index in [0.717, 1.165) is 22.5 Å². The van der Waals surface area contributed by atoms with E-state index in [4.69, 9.17) is 23.8 Å². The number of aromatic amines is 1. The third kappa shape index (κ3) is 4.74. The Balaban J connectivity index is 1.71. The molecule has 0 bridgehead atoms. The first-order valence-electron chi connectivity index (χ1n) is 10.1. The first-order valence-corrected chi connectivity index (χ1v) is 10.8. The lowest BCUT2D eigenvalue weighted by Crippen LogP contribution is -2.35. The van der Waals surface area contributed by atoms with E-state index in [1.165, 1.54) is 0 Å². The van der Waals surface area contributed by atoms with Crippen LogP contribution < -0.4 is 10.2 Å². The Hall–Kier alpha value is -3.42. The average Bonchev–Trinajstić information content (AvgIpc) is 3.14. The molecule has 2 N–H and O–H groups in total. The number of benzene rings is 3. The van der Waals surface area contributed by atoms with Gasteiger partial charge in [-0.15, -0.1) is 0 Å². The van der Waals surface area contributed by atoms with Crippen LogP contribution in [0.1, 0.15) is 17.0 Å². The number of hydrogen-bond donors (Lipinski definition) is 2. The van der Waals surface area contributed by atoms with Crippen molar-refractivity contribution >= 4 is 41.2 Å². The van der Waals surface area contributed by atoms with Crippen LogP contribution >= 0.6 is 23.8 Å². The molecular weight excluding hydrogens is 442 g/mol. The lowest BCUT2D eigenvalue weighted by molar-refractivity contribution is 0.256. The zero-order valence-electron chi connectivity index (χ0n) is 17.7. The molecule has 0 saturated heterocycles. The lowest BCUT2D eigenvalue weighted by atomic mass is 10.2. The van der Waals surface area contributed by atoms with Crippen LogP contribution in [0.5, 0.6) is 0 Å². The van der Waals surface area contributed by atoms with Gasteiger partial charge in [-0.05, 0) is 74.1 Å². The van der Waals surface area contributed by atoms with Gasteiger partial charge in [-0.25, -0.2) is 4.79 Å². The molecule has 3 aromatic carbocycles. The van der Waals surface area contributed by atoms with Crippen LogP contribution in [-0.4, -0.2) is 20.8 Å². The smallest absolute Gasteiger partial charge is 0.308 e. The molecular formula is C24H22ClN5OS. The van der Waals surface area contributed by atoms with Crippen molar-refractivity contribution in [3.05, 3.63) is 99.5 Å². The fraction of sp³-hybridized carbons (Fsp3) is 0.125. The largest absolute Gasteiger partial charge is 0.326 e. The minimum Gasteiger partial charge on any atom is -0.308 e. The molecule has 0 radical (unpaired) electrons. The number of carbonyl (C=O) groups is 1. The van der Waals surface area contributed by atoms with Gasteiger partial charge in [0, 0.05) is 16.4 Å². The van der Waals surface area contributed by atoms with Gasteiger partial charge in [-0.2, -0.15) is 5.10 Å². The van der Waals surface area contributed by atoms with Crippen LogP contribution in [0.4, 0.5) is 16.2 Å². The first kappa shape index (κ1) is 21.8. The second kappa shape index (κ2) is 9.38. The molecule has 32 heavy (non-hydrogen) atoms. The number of aromatic nitrogens is 3. The Morgan fingerprint density at radius 3 is 2.44 bits per heavy atom. The van der Waals surface area contributed by atoms with E-state index in [1.807, 2.05) is 66.9 Å². The predicted octanol–water partition coefficient (Wildman–Crippen LogP) is 6.44. The fourth-order valence-electron chi connectivity index (χ4n) is 3.37. The number of hydrogen-bond acceptors (Lipinski definition) is 3. The number of nitrogens with zero attached hydrogens (tertiary/aromatic N) is 3. The monoisotopic (exact) mass is 463 g/mol. The molecule has 1 heterocycles. The van der Waals surface area contributed by atoms with E-state index in [2.05, 4.69) is 15.5 Å². The molecule has 0 aliphatic rings. The van der Waals surface area contributed by atoms with Gasteiger partial charge in [-0.3, -0.25) is 14.6 Å². The van der Waals surface area contributed by atoms with Gasteiger partial charge < -0.3 is 5.32 Å². The Labute approximate surface area is 196 Å². The van der Waals surface area contributed by atoms with Crippen LogP contribution in [0.3, 0.4) is 0 Å². The van der Waals surface area contributed by atoms with Gasteiger partial charge in [0.25, 0.3) is 0 Å². The molecule has 0 aliphatic carbocycles. The SMILES string of the molecule is Cc1ccc(N(Cc2n[nH]c(=S)n2-c2ccccc2C)C(=O)Nc2ccc(Cl)cc2)cc1. The number of amides is 2. The van der Waals surface area contributed by atoms with E-state index in [9.17, 15) is 4.79 Å². The Kier molecular flexibility index (Phi) is 6.39.